The van der Waals surface area contributed by atoms with Crippen molar-refractivity contribution < 1.29 is 14.4 Å². The Bertz CT molecular complexity index is 1030. The number of carbonyl (C=O) groups excluding carboxylic acids is 3. The van der Waals surface area contributed by atoms with E-state index in [-0.39, 0.29) is 54.0 Å². The highest BCUT2D eigenvalue weighted by atomic mass is 16.2. The lowest BCUT2D eigenvalue weighted by Gasteiger charge is -2.19. The summed E-state index contributed by atoms with van der Waals surface area (Å²) in [6, 6.07) is 9.49. The average Bonchev–Trinajstić information content (AvgIpc) is 3.49. The van der Waals surface area contributed by atoms with Crippen molar-refractivity contribution >= 4 is 17.7 Å². The van der Waals surface area contributed by atoms with Gasteiger partial charge in [0.05, 0.1) is 29.8 Å². The zero-order valence-corrected chi connectivity index (χ0v) is 17.0. The van der Waals surface area contributed by atoms with Crippen molar-refractivity contribution in [3.63, 3.8) is 0 Å². The molecule has 1 aromatic carbocycles. The third-order valence-corrected chi connectivity index (χ3v) is 6.76. The average molecular weight is 404 g/mol. The highest BCUT2D eigenvalue weighted by Crippen LogP contribution is 2.52. The minimum Gasteiger partial charge on any atom is -0.348 e. The van der Waals surface area contributed by atoms with E-state index < -0.39 is 0 Å². The van der Waals surface area contributed by atoms with Crippen LogP contribution in [-0.4, -0.2) is 38.9 Å². The number of carbonyl (C=O) groups is 3. The molecule has 30 heavy (non-hydrogen) atoms. The first-order chi connectivity index (χ1) is 14.5. The maximum atomic E-state index is 12.8. The number of likely N-dealkylation sites (tertiary alicyclic amines) is 1. The van der Waals surface area contributed by atoms with Crippen LogP contribution >= 0.6 is 0 Å². The second kappa shape index (κ2) is 6.93. The number of nitrogens with one attached hydrogen (secondary N) is 1. The Kier molecular flexibility index (Phi) is 4.34. The minimum absolute atomic E-state index is 0.148. The first kappa shape index (κ1) is 18.8. The summed E-state index contributed by atoms with van der Waals surface area (Å²) in [4.78, 5) is 39.4. The van der Waals surface area contributed by atoms with Gasteiger partial charge >= 0.3 is 0 Å². The molecule has 2 aliphatic carbocycles. The number of hydrogen-bond donors (Lipinski definition) is 1. The fraction of sp³-hybridized carbons (Fsp3) is 0.391. The Hall–Kier alpha value is -3.22. The normalized spacial score (nSPS) is 27.6. The van der Waals surface area contributed by atoms with Crippen molar-refractivity contribution in [3.05, 3.63) is 59.9 Å². The van der Waals surface area contributed by atoms with Gasteiger partial charge in [0.1, 0.15) is 6.54 Å². The fourth-order valence-corrected chi connectivity index (χ4v) is 5.31. The lowest BCUT2D eigenvalue weighted by Crippen LogP contribution is -2.42. The molecule has 0 spiro atoms. The van der Waals surface area contributed by atoms with Gasteiger partial charge in [0.15, 0.2) is 0 Å². The Morgan fingerprint density at radius 2 is 1.77 bits per heavy atom. The number of aromatic nitrogens is 2. The summed E-state index contributed by atoms with van der Waals surface area (Å²) < 4.78 is 1.83. The van der Waals surface area contributed by atoms with Crippen molar-refractivity contribution in [1.29, 1.82) is 0 Å². The van der Waals surface area contributed by atoms with Crippen LogP contribution in [0.15, 0.2) is 48.7 Å². The van der Waals surface area contributed by atoms with Crippen LogP contribution in [0.3, 0.4) is 0 Å². The molecule has 1 aliphatic heterocycles. The molecule has 7 heteroatoms. The predicted molar refractivity (Wildman–Crippen MR) is 109 cm³/mol. The van der Waals surface area contributed by atoms with Crippen LogP contribution in [0.25, 0.3) is 5.69 Å². The van der Waals surface area contributed by atoms with Crippen molar-refractivity contribution in [2.24, 2.45) is 23.7 Å². The van der Waals surface area contributed by atoms with Gasteiger partial charge < -0.3 is 5.32 Å². The highest BCUT2D eigenvalue weighted by Gasteiger charge is 2.59. The maximum absolute atomic E-state index is 12.8. The molecule has 2 fully saturated rings. The molecule has 2 bridgehead atoms. The summed E-state index contributed by atoms with van der Waals surface area (Å²) in [5.41, 5.74) is 2.77. The van der Waals surface area contributed by atoms with Gasteiger partial charge in [-0.3, -0.25) is 19.3 Å². The Balaban J connectivity index is 1.26. The first-order valence-corrected chi connectivity index (χ1v) is 10.4. The molecule has 3 aliphatic rings. The van der Waals surface area contributed by atoms with Crippen molar-refractivity contribution in [1.82, 2.24) is 20.0 Å². The summed E-state index contributed by atoms with van der Waals surface area (Å²) >= 11 is 0. The van der Waals surface area contributed by atoms with E-state index in [1.807, 2.05) is 48.9 Å². The summed E-state index contributed by atoms with van der Waals surface area (Å²) in [6.07, 6.45) is 6.73. The van der Waals surface area contributed by atoms with Crippen LogP contribution < -0.4 is 5.32 Å². The van der Waals surface area contributed by atoms with Crippen LogP contribution in [0.1, 0.15) is 30.6 Å². The highest BCUT2D eigenvalue weighted by molar-refractivity contribution is 6.08. The van der Waals surface area contributed by atoms with E-state index in [0.29, 0.717) is 0 Å². The van der Waals surface area contributed by atoms with Gasteiger partial charge in [-0.25, -0.2) is 4.68 Å². The molecule has 7 nitrogen and oxygen atoms in total. The molecule has 5 rings (SSSR count). The second-order valence-electron chi connectivity index (χ2n) is 8.48. The van der Waals surface area contributed by atoms with E-state index in [9.17, 15) is 14.4 Å². The number of imide groups is 1. The molecule has 1 saturated heterocycles. The van der Waals surface area contributed by atoms with Crippen LogP contribution in [0.4, 0.5) is 0 Å². The summed E-state index contributed by atoms with van der Waals surface area (Å²) in [7, 11) is 0. The number of rotatable bonds is 5. The number of nitrogens with zero attached hydrogens (tertiary/aromatic N) is 3. The fourth-order valence-electron chi connectivity index (χ4n) is 5.31. The largest absolute Gasteiger partial charge is 0.348 e. The van der Waals surface area contributed by atoms with Gasteiger partial charge in [-0.2, -0.15) is 5.10 Å². The number of hydrogen-bond acceptors (Lipinski definition) is 4. The number of fused-ring (bicyclic) bond motifs is 5. The third kappa shape index (κ3) is 2.80. The van der Waals surface area contributed by atoms with Gasteiger partial charge in [0.25, 0.3) is 0 Å². The number of amides is 3. The van der Waals surface area contributed by atoms with Gasteiger partial charge in [-0.1, -0.05) is 30.4 Å². The Labute approximate surface area is 174 Å². The van der Waals surface area contributed by atoms with Gasteiger partial charge in [0.2, 0.25) is 17.7 Å². The second-order valence-corrected chi connectivity index (χ2v) is 8.48. The molecule has 1 N–H and O–H groups in total. The van der Waals surface area contributed by atoms with Crippen molar-refractivity contribution in [3.8, 4) is 5.69 Å². The summed E-state index contributed by atoms with van der Waals surface area (Å²) in [5.74, 6) is -0.982. The molecule has 1 aromatic heterocycles. The molecule has 3 amide bonds. The number of allylic oxidation sites excluding steroid dienone is 2. The molecule has 154 valence electrons. The van der Waals surface area contributed by atoms with E-state index in [0.717, 1.165) is 28.3 Å². The molecule has 5 unspecified atom stereocenters. The minimum atomic E-state index is -0.337. The number of benzene rings is 1. The van der Waals surface area contributed by atoms with E-state index in [4.69, 9.17) is 0 Å². The lowest BCUT2D eigenvalue weighted by atomic mass is 9.85. The third-order valence-electron chi connectivity index (χ3n) is 6.76. The lowest BCUT2D eigenvalue weighted by molar-refractivity contribution is -0.144. The summed E-state index contributed by atoms with van der Waals surface area (Å²) in [6.45, 7) is 3.61. The maximum Gasteiger partial charge on any atom is 0.240 e. The number of para-hydroxylation sites is 1. The topological polar surface area (TPSA) is 84.3 Å². The zero-order valence-electron chi connectivity index (χ0n) is 17.0. The van der Waals surface area contributed by atoms with E-state index in [1.54, 1.807) is 6.20 Å². The molecule has 2 heterocycles. The first-order valence-electron chi connectivity index (χ1n) is 10.4. The Morgan fingerprint density at radius 1 is 1.13 bits per heavy atom. The molecular formula is C23H24N4O3. The van der Waals surface area contributed by atoms with Gasteiger partial charge in [-0.05, 0) is 44.2 Å². The van der Waals surface area contributed by atoms with Crippen LogP contribution in [0, 0.1) is 30.6 Å². The van der Waals surface area contributed by atoms with Crippen LogP contribution in [0.2, 0.25) is 0 Å². The standard InChI is InChI=1S/C23H24N4O3/c1-13(18-11-24-27(14(18)2)17-6-4-3-5-7-17)25-19(28)12-26-22(29)20-15-8-9-16(10-15)21(20)23(26)30/h3-9,11,13,15-16,20-21H,10,12H2,1-2H3,(H,25,28). The quantitative estimate of drug-likeness (QED) is 0.611. The van der Waals surface area contributed by atoms with Crippen molar-refractivity contribution in [2.75, 3.05) is 6.54 Å². The smallest absolute Gasteiger partial charge is 0.240 e. The van der Waals surface area contributed by atoms with Crippen LogP contribution in [-0.2, 0) is 14.4 Å². The monoisotopic (exact) mass is 404 g/mol. The molecular weight excluding hydrogens is 380 g/mol. The molecule has 5 atom stereocenters. The van der Waals surface area contributed by atoms with E-state index in [1.165, 1.54) is 0 Å². The van der Waals surface area contributed by atoms with E-state index in [2.05, 4.69) is 22.6 Å². The molecule has 1 saturated carbocycles. The van der Waals surface area contributed by atoms with Crippen molar-refractivity contribution in [2.45, 2.75) is 26.3 Å². The molecule has 0 radical (unpaired) electrons. The SMILES string of the molecule is Cc1c(C(C)NC(=O)CN2C(=O)C3C4C=CC(C4)C3C2=O)cnn1-c1ccccc1. The van der Waals surface area contributed by atoms with Gasteiger partial charge in [0, 0.05) is 11.3 Å². The summed E-state index contributed by atoms with van der Waals surface area (Å²) in [5, 5.41) is 7.36. The van der Waals surface area contributed by atoms with Gasteiger partial charge in [-0.15, -0.1) is 0 Å². The molecule has 2 aromatic rings. The van der Waals surface area contributed by atoms with E-state index >= 15 is 0 Å². The van der Waals surface area contributed by atoms with Crippen LogP contribution in [0.5, 0.6) is 0 Å². The Morgan fingerprint density at radius 3 is 2.40 bits per heavy atom. The zero-order chi connectivity index (χ0) is 21.0. The predicted octanol–water partition coefficient (Wildman–Crippen LogP) is 2.17.